The summed E-state index contributed by atoms with van der Waals surface area (Å²) in [7, 11) is -4.24. The van der Waals surface area contributed by atoms with E-state index < -0.39 is 10.1 Å². The van der Waals surface area contributed by atoms with Gasteiger partial charge in [0.15, 0.2) is 0 Å². The summed E-state index contributed by atoms with van der Waals surface area (Å²) in [6.07, 6.45) is 0.608. The van der Waals surface area contributed by atoms with Gasteiger partial charge in [-0.05, 0) is 24.1 Å². The van der Waals surface area contributed by atoms with E-state index in [0.29, 0.717) is 12.0 Å². The second-order valence-corrected chi connectivity index (χ2v) is 4.63. The van der Waals surface area contributed by atoms with Crippen LogP contribution in [0.25, 0.3) is 0 Å². The third-order valence-corrected chi connectivity index (χ3v) is 3.02. The van der Waals surface area contributed by atoms with E-state index in [-0.39, 0.29) is 15.6 Å². The Morgan fingerprint density at radius 2 is 2.07 bits per heavy atom. The molecule has 3 N–H and O–H groups in total. The highest BCUT2D eigenvalue weighted by Gasteiger charge is 2.14. The van der Waals surface area contributed by atoms with Crippen LogP contribution in [0, 0.1) is 0 Å². The molecule has 0 spiro atoms. The maximum Gasteiger partial charge on any atom is 0.294 e. The normalized spacial score (nSPS) is 11.6. The molecule has 78 valence electrons. The van der Waals surface area contributed by atoms with Crippen LogP contribution in [0.5, 0.6) is 0 Å². The van der Waals surface area contributed by atoms with Gasteiger partial charge in [0.2, 0.25) is 0 Å². The Hall–Kier alpha value is -0.780. The molecule has 0 saturated carbocycles. The summed E-state index contributed by atoms with van der Waals surface area (Å²) in [5.41, 5.74) is 6.52. The lowest BCUT2D eigenvalue weighted by molar-refractivity contribution is 0.483. The fraction of sp³-hybridized carbons (Fsp3) is 0.250. The molecule has 0 aliphatic heterocycles. The summed E-state index contributed by atoms with van der Waals surface area (Å²) in [4.78, 5) is -0.280. The van der Waals surface area contributed by atoms with E-state index in [1.165, 1.54) is 12.1 Å². The molecule has 0 saturated heterocycles. The van der Waals surface area contributed by atoms with Crippen molar-refractivity contribution in [3.8, 4) is 0 Å². The molecule has 0 unspecified atom stereocenters. The lowest BCUT2D eigenvalue weighted by Gasteiger charge is -2.07. The van der Waals surface area contributed by atoms with Gasteiger partial charge in [0.25, 0.3) is 10.1 Å². The van der Waals surface area contributed by atoms with E-state index in [1.807, 2.05) is 6.92 Å². The number of anilines is 1. The summed E-state index contributed by atoms with van der Waals surface area (Å²) >= 11 is 5.79. The van der Waals surface area contributed by atoms with Crippen LogP contribution in [0.3, 0.4) is 0 Å². The highest BCUT2D eigenvalue weighted by Crippen LogP contribution is 2.26. The van der Waals surface area contributed by atoms with Crippen LogP contribution in [0.4, 0.5) is 5.69 Å². The van der Waals surface area contributed by atoms with Crippen molar-refractivity contribution in [3.63, 3.8) is 0 Å². The minimum atomic E-state index is -4.24. The fourth-order valence-electron chi connectivity index (χ4n) is 1.15. The van der Waals surface area contributed by atoms with Gasteiger partial charge in [-0.25, -0.2) is 0 Å². The summed E-state index contributed by atoms with van der Waals surface area (Å²) < 4.78 is 30.3. The minimum Gasteiger partial charge on any atom is -0.398 e. The molecule has 0 aromatic heterocycles. The SMILES string of the molecule is CCc1c(N)cc(S(=O)(=O)O)cc1Cl. The third-order valence-electron chi connectivity index (χ3n) is 1.85. The lowest BCUT2D eigenvalue weighted by atomic mass is 10.1. The number of halogens is 1. The van der Waals surface area contributed by atoms with E-state index in [9.17, 15) is 8.42 Å². The van der Waals surface area contributed by atoms with Gasteiger partial charge in [0.1, 0.15) is 0 Å². The monoisotopic (exact) mass is 235 g/mol. The maximum atomic E-state index is 10.8. The van der Waals surface area contributed by atoms with Crippen LogP contribution in [-0.4, -0.2) is 13.0 Å². The van der Waals surface area contributed by atoms with Crippen molar-refractivity contribution in [1.29, 1.82) is 0 Å². The van der Waals surface area contributed by atoms with Gasteiger partial charge in [0.05, 0.1) is 4.90 Å². The first-order valence-corrected chi connectivity index (χ1v) is 5.73. The largest absolute Gasteiger partial charge is 0.398 e. The molecule has 0 amide bonds. The van der Waals surface area contributed by atoms with Crippen LogP contribution in [-0.2, 0) is 16.5 Å². The standard InChI is InChI=1S/C8H10ClNO3S/c1-2-6-7(9)3-5(4-8(6)10)14(11,12)13/h3-4H,2,10H2,1H3,(H,11,12,13). The van der Waals surface area contributed by atoms with Crippen molar-refractivity contribution in [2.45, 2.75) is 18.2 Å². The first-order chi connectivity index (χ1) is 6.36. The predicted molar refractivity (Wildman–Crippen MR) is 55.1 cm³/mol. The van der Waals surface area contributed by atoms with Crippen molar-refractivity contribution < 1.29 is 13.0 Å². The van der Waals surface area contributed by atoms with E-state index in [2.05, 4.69) is 0 Å². The number of hydrogen-bond acceptors (Lipinski definition) is 3. The molecule has 4 nitrogen and oxygen atoms in total. The Bertz CT molecular complexity index is 433. The number of hydrogen-bond donors (Lipinski definition) is 2. The Kier molecular flexibility index (Phi) is 3.04. The molecule has 0 heterocycles. The van der Waals surface area contributed by atoms with Crippen LogP contribution >= 0.6 is 11.6 Å². The van der Waals surface area contributed by atoms with Crippen LogP contribution in [0.2, 0.25) is 5.02 Å². The molecule has 0 bridgehead atoms. The van der Waals surface area contributed by atoms with Crippen LogP contribution in [0.15, 0.2) is 17.0 Å². The molecule has 0 aliphatic rings. The first-order valence-electron chi connectivity index (χ1n) is 3.91. The van der Waals surface area contributed by atoms with E-state index in [4.69, 9.17) is 21.9 Å². The van der Waals surface area contributed by atoms with Gasteiger partial charge in [-0.1, -0.05) is 18.5 Å². The molecule has 1 aromatic rings. The molecular formula is C8H10ClNO3S. The van der Waals surface area contributed by atoms with Crippen molar-refractivity contribution in [2.24, 2.45) is 0 Å². The zero-order valence-corrected chi connectivity index (χ0v) is 9.06. The summed E-state index contributed by atoms with van der Waals surface area (Å²) in [6.45, 7) is 1.85. The van der Waals surface area contributed by atoms with Gasteiger partial charge in [-0.3, -0.25) is 4.55 Å². The third kappa shape index (κ3) is 2.17. The van der Waals surface area contributed by atoms with Gasteiger partial charge < -0.3 is 5.73 Å². The number of nitrogens with two attached hydrogens (primary N) is 1. The van der Waals surface area contributed by atoms with Crippen molar-refractivity contribution >= 4 is 27.4 Å². The van der Waals surface area contributed by atoms with E-state index in [0.717, 1.165) is 0 Å². The summed E-state index contributed by atoms with van der Waals surface area (Å²) in [5, 5.41) is 0.250. The highest BCUT2D eigenvalue weighted by atomic mass is 35.5. The Labute approximate surface area is 87.4 Å². The van der Waals surface area contributed by atoms with Gasteiger partial charge in [0, 0.05) is 10.7 Å². The molecule has 14 heavy (non-hydrogen) atoms. The number of rotatable bonds is 2. The Balaban J connectivity index is 3.43. The summed E-state index contributed by atoms with van der Waals surface area (Å²) in [6, 6.07) is 2.38. The van der Waals surface area contributed by atoms with Crippen molar-refractivity contribution in [1.82, 2.24) is 0 Å². The maximum absolute atomic E-state index is 10.8. The molecule has 0 atom stereocenters. The van der Waals surface area contributed by atoms with Crippen LogP contribution < -0.4 is 5.73 Å². The quantitative estimate of drug-likeness (QED) is 0.604. The highest BCUT2D eigenvalue weighted by molar-refractivity contribution is 7.85. The average molecular weight is 236 g/mol. The molecule has 1 rings (SSSR count). The molecule has 0 fully saturated rings. The van der Waals surface area contributed by atoms with Gasteiger partial charge in [-0.2, -0.15) is 8.42 Å². The molecule has 0 aliphatic carbocycles. The Morgan fingerprint density at radius 1 is 1.50 bits per heavy atom. The lowest BCUT2D eigenvalue weighted by Crippen LogP contribution is -2.02. The zero-order valence-electron chi connectivity index (χ0n) is 7.49. The smallest absolute Gasteiger partial charge is 0.294 e. The minimum absolute atomic E-state index is 0.250. The molecule has 6 heteroatoms. The van der Waals surface area contributed by atoms with E-state index >= 15 is 0 Å². The first kappa shape index (κ1) is 11.3. The van der Waals surface area contributed by atoms with Crippen molar-refractivity contribution in [2.75, 3.05) is 5.73 Å². The average Bonchev–Trinajstić information content (AvgIpc) is 2.01. The molecule has 1 aromatic carbocycles. The molecular weight excluding hydrogens is 226 g/mol. The summed E-state index contributed by atoms with van der Waals surface area (Å²) in [5.74, 6) is 0. The molecule has 0 radical (unpaired) electrons. The number of nitrogen functional groups attached to an aromatic ring is 1. The second kappa shape index (κ2) is 3.76. The Morgan fingerprint density at radius 3 is 2.43 bits per heavy atom. The zero-order chi connectivity index (χ0) is 10.9. The van der Waals surface area contributed by atoms with Crippen molar-refractivity contribution in [3.05, 3.63) is 22.7 Å². The predicted octanol–water partition coefficient (Wildman–Crippen LogP) is 1.73. The fourth-order valence-corrected chi connectivity index (χ4v) is 2.12. The second-order valence-electron chi connectivity index (χ2n) is 2.80. The van der Waals surface area contributed by atoms with E-state index in [1.54, 1.807) is 0 Å². The van der Waals surface area contributed by atoms with Gasteiger partial charge >= 0.3 is 0 Å². The topological polar surface area (TPSA) is 80.4 Å². The van der Waals surface area contributed by atoms with Gasteiger partial charge in [-0.15, -0.1) is 0 Å². The van der Waals surface area contributed by atoms with Crippen LogP contribution in [0.1, 0.15) is 12.5 Å². The number of benzene rings is 1.